The zero-order chi connectivity index (χ0) is 29.6. The molecule has 41 heavy (non-hydrogen) atoms. The van der Waals surface area contributed by atoms with Crippen molar-refractivity contribution in [2.24, 2.45) is 10.7 Å². The molecule has 0 saturated heterocycles. The van der Waals surface area contributed by atoms with Gasteiger partial charge in [0.1, 0.15) is 23.6 Å². The Kier molecular flexibility index (Phi) is 8.91. The number of nitrogens with zero attached hydrogens (tertiary/aromatic N) is 5. The highest BCUT2D eigenvalue weighted by atomic mass is 16.5. The number of aliphatic hydroxyl groups is 1. The van der Waals surface area contributed by atoms with Crippen molar-refractivity contribution in [3.63, 3.8) is 0 Å². The van der Waals surface area contributed by atoms with E-state index in [9.17, 15) is 9.90 Å². The van der Waals surface area contributed by atoms with Crippen molar-refractivity contribution in [3.05, 3.63) is 78.3 Å². The second-order valence-electron chi connectivity index (χ2n) is 10.2. The average Bonchev–Trinajstić information content (AvgIpc) is 2.90. The molecule has 0 spiro atoms. The molecule has 1 amide bonds. The zero-order valence-electron chi connectivity index (χ0n) is 23.7. The Morgan fingerprint density at radius 1 is 1.15 bits per heavy atom. The quantitative estimate of drug-likeness (QED) is 0.123. The smallest absolute Gasteiger partial charge is 0.248 e. The summed E-state index contributed by atoms with van der Waals surface area (Å²) in [5.74, 6) is 1.79. The van der Waals surface area contributed by atoms with Crippen molar-refractivity contribution in [1.29, 1.82) is 0 Å². The van der Waals surface area contributed by atoms with Crippen molar-refractivity contribution in [2.75, 3.05) is 31.3 Å². The topological polar surface area (TPSA) is 151 Å². The summed E-state index contributed by atoms with van der Waals surface area (Å²) >= 11 is 0. The summed E-state index contributed by atoms with van der Waals surface area (Å²) in [5.41, 5.74) is 7.52. The van der Waals surface area contributed by atoms with Crippen LogP contribution in [-0.4, -0.2) is 57.8 Å². The molecule has 0 atom stereocenters. The number of pyridine rings is 1. The number of aromatic nitrogens is 3. The molecule has 2 aromatic heterocycles. The molecule has 0 saturated carbocycles. The standard InChI is InChI=1S/C30H34N8O3/c1-19-13-25(23(30(2,3)40)16-26(19)41-21-10-11-32-27(15-21)33-17-31)37-29-22-14-20(8-9-24(22)34-18-35-29)36-28(39)7-6-12-38(4)5/h6-11,13-18,40H,12H2,1-5H3,(H,36,39)(H2,31,32,33)(H,34,35,37)/b7-6+. The van der Waals surface area contributed by atoms with Crippen LogP contribution in [0.5, 0.6) is 11.5 Å². The van der Waals surface area contributed by atoms with Crippen LogP contribution in [0.15, 0.2) is 72.1 Å². The summed E-state index contributed by atoms with van der Waals surface area (Å²) in [4.78, 5) is 31.3. The first kappa shape index (κ1) is 29.1. The summed E-state index contributed by atoms with van der Waals surface area (Å²) in [7, 11) is 3.86. The van der Waals surface area contributed by atoms with E-state index in [2.05, 4.69) is 30.6 Å². The van der Waals surface area contributed by atoms with Crippen molar-refractivity contribution in [3.8, 4) is 11.5 Å². The fourth-order valence-electron chi connectivity index (χ4n) is 4.06. The van der Waals surface area contributed by atoms with Crippen molar-refractivity contribution in [1.82, 2.24) is 19.9 Å². The van der Waals surface area contributed by atoms with Crippen LogP contribution < -0.4 is 21.1 Å². The van der Waals surface area contributed by atoms with Gasteiger partial charge >= 0.3 is 0 Å². The molecule has 0 fully saturated rings. The Balaban J connectivity index is 1.66. The summed E-state index contributed by atoms with van der Waals surface area (Å²) in [6.45, 7) is 5.96. The maximum atomic E-state index is 12.4. The van der Waals surface area contributed by atoms with E-state index in [1.165, 1.54) is 18.7 Å². The van der Waals surface area contributed by atoms with Crippen LogP contribution in [0.25, 0.3) is 10.9 Å². The summed E-state index contributed by atoms with van der Waals surface area (Å²) in [6, 6.07) is 12.5. The molecule has 2 aromatic carbocycles. The van der Waals surface area contributed by atoms with Crippen LogP contribution in [0.3, 0.4) is 0 Å². The van der Waals surface area contributed by atoms with Crippen LogP contribution in [0.4, 0.5) is 23.0 Å². The number of nitrogens with one attached hydrogen (secondary N) is 2. The summed E-state index contributed by atoms with van der Waals surface area (Å²) in [6.07, 6.45) is 7.51. The minimum atomic E-state index is -1.22. The Morgan fingerprint density at radius 3 is 2.68 bits per heavy atom. The minimum absolute atomic E-state index is 0.232. The first-order chi connectivity index (χ1) is 19.5. The molecule has 4 aromatic rings. The number of benzene rings is 2. The van der Waals surface area contributed by atoms with E-state index in [-0.39, 0.29) is 5.91 Å². The third kappa shape index (κ3) is 7.62. The lowest BCUT2D eigenvalue weighted by Gasteiger charge is -2.24. The highest BCUT2D eigenvalue weighted by molar-refractivity contribution is 6.02. The van der Waals surface area contributed by atoms with Crippen LogP contribution in [-0.2, 0) is 10.4 Å². The van der Waals surface area contributed by atoms with Crippen LogP contribution in [0.1, 0.15) is 25.0 Å². The van der Waals surface area contributed by atoms with Gasteiger partial charge in [-0.1, -0.05) is 6.08 Å². The van der Waals surface area contributed by atoms with Gasteiger partial charge in [-0.25, -0.2) is 19.9 Å². The van der Waals surface area contributed by atoms with E-state index >= 15 is 0 Å². The summed E-state index contributed by atoms with van der Waals surface area (Å²) in [5, 5.41) is 18.0. The third-order valence-electron chi connectivity index (χ3n) is 6.02. The van der Waals surface area contributed by atoms with Gasteiger partial charge in [-0.3, -0.25) is 4.79 Å². The van der Waals surface area contributed by atoms with Crippen molar-refractivity contribution in [2.45, 2.75) is 26.4 Å². The normalized spacial score (nSPS) is 12.0. The van der Waals surface area contributed by atoms with E-state index in [0.29, 0.717) is 57.5 Å². The predicted molar refractivity (Wildman–Crippen MR) is 162 cm³/mol. The average molecular weight is 555 g/mol. The van der Waals surface area contributed by atoms with Gasteiger partial charge < -0.3 is 31.1 Å². The molecular formula is C30H34N8O3. The van der Waals surface area contributed by atoms with Crippen LogP contribution >= 0.6 is 0 Å². The number of fused-ring (bicyclic) bond motifs is 1. The monoisotopic (exact) mass is 554 g/mol. The van der Waals surface area contributed by atoms with Gasteiger partial charge in [0.25, 0.3) is 0 Å². The molecule has 4 rings (SSSR count). The highest BCUT2D eigenvalue weighted by Gasteiger charge is 2.23. The number of amides is 1. The van der Waals surface area contributed by atoms with E-state index in [4.69, 9.17) is 10.5 Å². The van der Waals surface area contributed by atoms with E-state index in [0.717, 1.165) is 5.56 Å². The molecular weight excluding hydrogens is 520 g/mol. The second-order valence-corrected chi connectivity index (χ2v) is 10.2. The maximum Gasteiger partial charge on any atom is 0.248 e. The van der Waals surface area contributed by atoms with Crippen molar-refractivity contribution < 1.29 is 14.6 Å². The molecule has 2 heterocycles. The molecule has 0 aliphatic rings. The van der Waals surface area contributed by atoms with Gasteiger partial charge in [0.2, 0.25) is 5.91 Å². The number of carbonyl (C=O) groups is 1. The zero-order valence-corrected chi connectivity index (χ0v) is 23.7. The van der Waals surface area contributed by atoms with Crippen molar-refractivity contribution >= 4 is 46.2 Å². The molecule has 11 heteroatoms. The number of aliphatic imine (C=N–C) groups is 1. The molecule has 5 N–H and O–H groups in total. The van der Waals surface area contributed by atoms with Gasteiger partial charge in [-0.2, -0.15) is 0 Å². The van der Waals surface area contributed by atoms with Gasteiger partial charge in [0.05, 0.1) is 17.5 Å². The number of aryl methyl sites for hydroxylation is 1. The lowest BCUT2D eigenvalue weighted by molar-refractivity contribution is -0.111. The largest absolute Gasteiger partial charge is 0.457 e. The molecule has 212 valence electrons. The first-order valence-corrected chi connectivity index (χ1v) is 12.9. The summed E-state index contributed by atoms with van der Waals surface area (Å²) < 4.78 is 6.13. The first-order valence-electron chi connectivity index (χ1n) is 12.9. The lowest BCUT2D eigenvalue weighted by Crippen LogP contribution is -2.18. The molecule has 0 bridgehead atoms. The van der Waals surface area contributed by atoms with Gasteiger partial charge in [0.15, 0.2) is 5.82 Å². The number of ether oxygens (including phenoxy) is 1. The van der Waals surface area contributed by atoms with Gasteiger partial charge in [0, 0.05) is 47.2 Å². The Labute approximate surface area is 238 Å². The number of rotatable bonds is 10. The second kappa shape index (κ2) is 12.5. The van der Waals surface area contributed by atoms with Gasteiger partial charge in [-0.15, -0.1) is 0 Å². The van der Waals surface area contributed by atoms with E-state index in [1.54, 1.807) is 50.4 Å². The number of likely N-dealkylation sites (N-methyl/N-ethyl adjacent to an activating group) is 1. The molecule has 0 aliphatic heterocycles. The maximum absolute atomic E-state index is 12.4. The Bertz CT molecular complexity index is 1610. The Morgan fingerprint density at radius 2 is 1.95 bits per heavy atom. The fourth-order valence-corrected chi connectivity index (χ4v) is 4.06. The fraction of sp³-hybridized carbons (Fsp3) is 0.233. The number of carbonyl (C=O) groups excluding carboxylic acids is 1. The number of hydrogen-bond acceptors (Lipinski definition) is 9. The minimum Gasteiger partial charge on any atom is -0.457 e. The van der Waals surface area contributed by atoms with E-state index in [1.807, 2.05) is 44.1 Å². The number of hydrogen-bond donors (Lipinski definition) is 4. The lowest BCUT2D eigenvalue weighted by atomic mass is 9.94. The van der Waals surface area contributed by atoms with Crippen LogP contribution in [0, 0.1) is 6.92 Å². The molecule has 0 aliphatic carbocycles. The number of anilines is 3. The third-order valence-corrected chi connectivity index (χ3v) is 6.02. The predicted octanol–water partition coefficient (Wildman–Crippen LogP) is 4.77. The van der Waals surface area contributed by atoms with E-state index < -0.39 is 5.60 Å². The number of nitrogens with two attached hydrogens (primary N) is 1. The van der Waals surface area contributed by atoms with Crippen LogP contribution in [0.2, 0.25) is 0 Å². The van der Waals surface area contributed by atoms with Gasteiger partial charge in [-0.05, 0) is 76.8 Å². The molecule has 0 radical (unpaired) electrons. The highest BCUT2D eigenvalue weighted by Crippen LogP contribution is 2.38. The Hall–Kier alpha value is -4.87. The molecule has 0 unspecified atom stereocenters. The molecule has 11 nitrogen and oxygen atoms in total. The SMILES string of the molecule is Cc1cc(Nc2ncnc3ccc(NC(=O)/C=C/CN(C)C)cc23)c(C(C)(C)O)cc1Oc1ccnc(N=CN)c1.